The molecule has 1 saturated heterocycles. The van der Waals surface area contributed by atoms with Gasteiger partial charge in [-0.05, 0) is 81.6 Å². The summed E-state index contributed by atoms with van der Waals surface area (Å²) >= 11 is 0. The number of piperidine rings is 1. The number of likely N-dealkylation sites (tertiary alicyclic amines) is 1. The number of esters is 1. The number of likely N-dealkylation sites (N-methyl/N-ethyl adjacent to an activating group) is 1. The number of rotatable bonds is 6. The molecule has 0 radical (unpaired) electrons. The molecule has 0 spiro atoms. The number of fused-ring (bicyclic) bond motifs is 1. The SMILES string of the molecule is CN[C@@H](CO)C(=O)OC12CC3CC(C1)CC([C@H](N)C(=O)N1[C@H](C#N)C[C@@H]4C[C@@H]41)(C3)C2. The topological polar surface area (TPSA) is 129 Å². The second-order valence-electron chi connectivity index (χ2n) is 10.6. The number of carbonyl (C=O) groups is 2. The lowest BCUT2D eigenvalue weighted by atomic mass is 9.46. The number of nitriles is 1. The van der Waals surface area contributed by atoms with E-state index in [4.69, 9.17) is 10.5 Å². The van der Waals surface area contributed by atoms with E-state index in [2.05, 4.69) is 11.4 Å². The lowest BCUT2D eigenvalue weighted by Crippen LogP contribution is -2.66. The first kappa shape index (κ1) is 20.2. The summed E-state index contributed by atoms with van der Waals surface area (Å²) in [5, 5.41) is 21.8. The molecular formula is C22H32N4O4. The van der Waals surface area contributed by atoms with Gasteiger partial charge in [0.05, 0.1) is 18.7 Å². The van der Waals surface area contributed by atoms with Crippen molar-refractivity contribution in [2.45, 2.75) is 81.1 Å². The zero-order chi connectivity index (χ0) is 21.3. The number of carbonyl (C=O) groups excluding carboxylic acids is 2. The van der Waals surface area contributed by atoms with Crippen LogP contribution in [0.15, 0.2) is 0 Å². The molecule has 1 heterocycles. The number of aliphatic hydroxyl groups excluding tert-OH is 1. The molecule has 2 unspecified atom stereocenters. The van der Waals surface area contributed by atoms with Crippen LogP contribution in [0, 0.1) is 34.5 Å². The van der Waals surface area contributed by atoms with Gasteiger partial charge in [0, 0.05) is 6.04 Å². The Balaban J connectivity index is 1.38. The second-order valence-corrected chi connectivity index (χ2v) is 10.6. The third kappa shape index (κ3) is 2.97. The summed E-state index contributed by atoms with van der Waals surface area (Å²) in [4.78, 5) is 27.9. The van der Waals surface area contributed by atoms with Gasteiger partial charge in [-0.15, -0.1) is 0 Å². The fourth-order valence-corrected chi connectivity index (χ4v) is 7.61. The minimum Gasteiger partial charge on any atom is -0.458 e. The van der Waals surface area contributed by atoms with Gasteiger partial charge in [0.25, 0.3) is 0 Å². The molecule has 1 amide bonds. The summed E-state index contributed by atoms with van der Waals surface area (Å²) in [5.41, 5.74) is 5.74. The molecule has 8 heteroatoms. The molecule has 4 N–H and O–H groups in total. The third-order valence-corrected chi connectivity index (χ3v) is 8.62. The number of aliphatic hydroxyl groups is 1. The Morgan fingerprint density at radius 2 is 1.97 bits per heavy atom. The van der Waals surface area contributed by atoms with Crippen molar-refractivity contribution in [1.82, 2.24) is 10.2 Å². The van der Waals surface area contributed by atoms with Crippen LogP contribution in [-0.2, 0) is 14.3 Å². The smallest absolute Gasteiger partial charge is 0.326 e. The third-order valence-electron chi connectivity index (χ3n) is 8.62. The van der Waals surface area contributed by atoms with Crippen LogP contribution in [0.1, 0.15) is 51.4 Å². The van der Waals surface area contributed by atoms with Crippen molar-refractivity contribution < 1.29 is 19.4 Å². The average Bonchev–Trinajstić information content (AvgIpc) is 3.36. The Hall–Kier alpha value is -1.69. The molecule has 164 valence electrons. The quantitative estimate of drug-likeness (QED) is 0.531. The van der Waals surface area contributed by atoms with Crippen LogP contribution in [0.25, 0.3) is 0 Å². The Morgan fingerprint density at radius 1 is 1.27 bits per heavy atom. The van der Waals surface area contributed by atoms with Crippen LogP contribution in [0.4, 0.5) is 0 Å². The monoisotopic (exact) mass is 416 g/mol. The predicted molar refractivity (Wildman–Crippen MR) is 107 cm³/mol. The number of nitrogens with one attached hydrogen (secondary N) is 1. The van der Waals surface area contributed by atoms with Crippen molar-refractivity contribution in [3.63, 3.8) is 0 Å². The van der Waals surface area contributed by atoms with E-state index in [1.165, 1.54) is 0 Å². The first-order valence-corrected chi connectivity index (χ1v) is 11.3. The first-order valence-electron chi connectivity index (χ1n) is 11.3. The van der Waals surface area contributed by atoms with Crippen LogP contribution in [-0.4, -0.2) is 65.3 Å². The van der Waals surface area contributed by atoms with E-state index in [1.54, 1.807) is 11.9 Å². The fraction of sp³-hybridized carbons (Fsp3) is 0.864. The number of nitrogens with zero attached hydrogens (tertiary/aromatic N) is 2. The molecule has 5 saturated carbocycles. The second kappa shape index (κ2) is 6.91. The van der Waals surface area contributed by atoms with Crippen LogP contribution in [0.5, 0.6) is 0 Å². The van der Waals surface area contributed by atoms with Crippen LogP contribution in [0.3, 0.4) is 0 Å². The molecule has 0 aromatic carbocycles. The van der Waals surface area contributed by atoms with E-state index in [0.717, 1.165) is 44.9 Å². The molecule has 0 aromatic rings. The molecule has 0 aromatic heterocycles. The Labute approximate surface area is 177 Å². The molecule has 30 heavy (non-hydrogen) atoms. The summed E-state index contributed by atoms with van der Waals surface area (Å²) in [6, 6.07) is 0.733. The van der Waals surface area contributed by atoms with Crippen molar-refractivity contribution in [2.24, 2.45) is 28.9 Å². The predicted octanol–water partition coefficient (Wildman–Crippen LogP) is 0.289. The van der Waals surface area contributed by atoms with Gasteiger partial charge in [-0.1, -0.05) is 0 Å². The molecule has 6 fully saturated rings. The summed E-state index contributed by atoms with van der Waals surface area (Å²) in [6.45, 7) is -0.311. The lowest BCUT2D eigenvalue weighted by Gasteiger charge is -2.62. The zero-order valence-corrected chi connectivity index (χ0v) is 17.5. The van der Waals surface area contributed by atoms with Gasteiger partial charge in [-0.3, -0.25) is 9.59 Å². The molecule has 7 atom stereocenters. The summed E-state index contributed by atoms with van der Waals surface area (Å²) in [7, 11) is 1.63. The van der Waals surface area contributed by atoms with E-state index in [1.807, 2.05) is 0 Å². The van der Waals surface area contributed by atoms with Crippen molar-refractivity contribution in [3.8, 4) is 6.07 Å². The molecule has 4 bridgehead atoms. The Kier molecular flexibility index (Phi) is 4.66. The van der Waals surface area contributed by atoms with Gasteiger partial charge < -0.3 is 25.8 Å². The Bertz CT molecular complexity index is 776. The Morgan fingerprint density at radius 3 is 2.57 bits per heavy atom. The highest BCUT2D eigenvalue weighted by Gasteiger charge is 2.64. The standard InChI is InChI=1S/C22H32N4O4/c1-25-16(10-27)20(29)30-22-7-12-2-13(8-22)6-21(5-12,11-22)18(24)19(28)26-15(9-23)3-14-4-17(14)26/h12-18,25,27H,2-8,10-11,24H2,1H3/t12?,13?,14-,15+,16+,17+,18-,21?,22?/m1/s1. The maximum absolute atomic E-state index is 13.5. The van der Waals surface area contributed by atoms with Gasteiger partial charge in [0.2, 0.25) is 5.91 Å². The number of nitrogens with two attached hydrogens (primary N) is 1. The molecular weight excluding hydrogens is 384 g/mol. The molecule has 6 aliphatic rings. The van der Waals surface area contributed by atoms with Gasteiger partial charge in [0.15, 0.2) is 0 Å². The van der Waals surface area contributed by atoms with Crippen molar-refractivity contribution >= 4 is 11.9 Å². The maximum atomic E-state index is 13.5. The van der Waals surface area contributed by atoms with Crippen molar-refractivity contribution in [3.05, 3.63) is 0 Å². The van der Waals surface area contributed by atoms with Gasteiger partial charge in [-0.2, -0.15) is 5.26 Å². The molecule has 8 nitrogen and oxygen atoms in total. The normalized spacial score (nSPS) is 44.9. The highest BCUT2D eigenvalue weighted by molar-refractivity contribution is 5.84. The van der Waals surface area contributed by atoms with Crippen molar-refractivity contribution in [2.75, 3.05) is 13.7 Å². The van der Waals surface area contributed by atoms with Crippen LogP contribution < -0.4 is 11.1 Å². The minimum atomic E-state index is -0.739. The lowest BCUT2D eigenvalue weighted by molar-refractivity contribution is -0.208. The minimum absolute atomic E-state index is 0.0848. The first-order chi connectivity index (χ1) is 14.3. The van der Waals surface area contributed by atoms with Gasteiger partial charge in [0.1, 0.15) is 17.7 Å². The van der Waals surface area contributed by atoms with E-state index in [-0.39, 0.29) is 30.0 Å². The number of hydrogen-bond donors (Lipinski definition) is 3. The average molecular weight is 417 g/mol. The highest BCUT2D eigenvalue weighted by atomic mass is 16.6. The zero-order valence-electron chi connectivity index (χ0n) is 17.5. The molecule has 1 aliphatic heterocycles. The van der Waals surface area contributed by atoms with E-state index >= 15 is 0 Å². The van der Waals surface area contributed by atoms with Crippen molar-refractivity contribution in [1.29, 1.82) is 5.26 Å². The van der Waals surface area contributed by atoms with E-state index < -0.39 is 23.7 Å². The largest absolute Gasteiger partial charge is 0.458 e. The summed E-state index contributed by atoms with van der Waals surface area (Å²) in [5.74, 6) is 0.755. The van der Waals surface area contributed by atoms with E-state index in [0.29, 0.717) is 24.2 Å². The summed E-state index contributed by atoms with van der Waals surface area (Å²) in [6.07, 6.45) is 6.88. The number of amides is 1. The van der Waals surface area contributed by atoms with Gasteiger partial charge in [-0.25, -0.2) is 0 Å². The van der Waals surface area contributed by atoms with Gasteiger partial charge >= 0.3 is 5.97 Å². The molecule has 6 rings (SSSR count). The molecule has 5 aliphatic carbocycles. The number of ether oxygens (including phenoxy) is 1. The maximum Gasteiger partial charge on any atom is 0.326 e. The van der Waals surface area contributed by atoms with Crippen LogP contribution in [0.2, 0.25) is 0 Å². The fourth-order valence-electron chi connectivity index (χ4n) is 7.61. The number of hydrogen-bond acceptors (Lipinski definition) is 7. The van der Waals surface area contributed by atoms with Crippen LogP contribution >= 0.6 is 0 Å². The highest BCUT2D eigenvalue weighted by Crippen LogP contribution is 2.64. The summed E-state index contributed by atoms with van der Waals surface area (Å²) < 4.78 is 6.05. The van der Waals surface area contributed by atoms with E-state index in [9.17, 15) is 20.0 Å².